The van der Waals surface area contributed by atoms with Crippen molar-refractivity contribution in [1.29, 1.82) is 0 Å². The molecule has 0 aromatic heterocycles. The maximum absolute atomic E-state index is 13.8. The van der Waals surface area contributed by atoms with Crippen LogP contribution in [0.4, 0.5) is 10.1 Å². The van der Waals surface area contributed by atoms with Crippen molar-refractivity contribution in [3.63, 3.8) is 0 Å². The van der Waals surface area contributed by atoms with Crippen molar-refractivity contribution < 1.29 is 9.29 Å². The summed E-state index contributed by atoms with van der Waals surface area (Å²) in [7, 11) is 0. The molecule has 3 heteroatoms. The van der Waals surface area contributed by atoms with Crippen LogP contribution in [-0.2, 0) is 6.42 Å². The van der Waals surface area contributed by atoms with Crippen LogP contribution < -0.4 is 9.80 Å². The zero-order chi connectivity index (χ0) is 15.4. The third-order valence-electron chi connectivity index (χ3n) is 4.71. The lowest BCUT2D eigenvalue weighted by molar-refractivity contribution is -0.923. The van der Waals surface area contributed by atoms with Crippen LogP contribution in [0.2, 0.25) is 0 Å². The van der Waals surface area contributed by atoms with E-state index in [0.29, 0.717) is 6.04 Å². The molecule has 2 aromatic rings. The zero-order valence-electron chi connectivity index (χ0n) is 13.1. The molecule has 0 amide bonds. The van der Waals surface area contributed by atoms with Gasteiger partial charge in [0.2, 0.25) is 0 Å². The highest BCUT2D eigenvalue weighted by atomic mass is 19.1. The van der Waals surface area contributed by atoms with Gasteiger partial charge in [-0.1, -0.05) is 36.4 Å². The monoisotopic (exact) mass is 299 g/mol. The first-order valence-corrected chi connectivity index (χ1v) is 8.12. The van der Waals surface area contributed by atoms with Crippen LogP contribution in [0.1, 0.15) is 12.5 Å². The molecule has 1 aliphatic heterocycles. The fourth-order valence-corrected chi connectivity index (χ4v) is 3.32. The van der Waals surface area contributed by atoms with Gasteiger partial charge in [-0.05, 0) is 30.7 Å². The number of piperazine rings is 1. The third kappa shape index (κ3) is 3.47. The van der Waals surface area contributed by atoms with E-state index in [-0.39, 0.29) is 5.82 Å². The topological polar surface area (TPSA) is 7.68 Å². The van der Waals surface area contributed by atoms with Gasteiger partial charge in [0.05, 0.1) is 32.2 Å². The van der Waals surface area contributed by atoms with Gasteiger partial charge < -0.3 is 9.80 Å². The highest BCUT2D eigenvalue weighted by molar-refractivity contribution is 5.46. The smallest absolute Gasteiger partial charge is 0.126 e. The van der Waals surface area contributed by atoms with Gasteiger partial charge in [0.15, 0.2) is 0 Å². The molecule has 1 heterocycles. The lowest BCUT2D eigenvalue weighted by atomic mass is 10.0. The number of nitrogens with one attached hydrogen (secondary N) is 1. The summed E-state index contributed by atoms with van der Waals surface area (Å²) in [5.41, 5.74) is 2.15. The molecule has 0 aliphatic carbocycles. The van der Waals surface area contributed by atoms with Crippen LogP contribution >= 0.6 is 0 Å². The first kappa shape index (κ1) is 15.0. The standard InChI is InChI=1S/C19H23FN2/c1-16(15-17-7-5-6-10-19(17)20)21-11-13-22(14-12-21)18-8-3-2-4-9-18/h2-10,16H,11-15H2,1H3/p+1/t16-/m1/s1. The van der Waals surface area contributed by atoms with Crippen molar-refractivity contribution in [2.45, 2.75) is 19.4 Å². The predicted octanol–water partition coefficient (Wildman–Crippen LogP) is 2.16. The molecule has 0 unspecified atom stereocenters. The maximum Gasteiger partial charge on any atom is 0.126 e. The lowest BCUT2D eigenvalue weighted by Crippen LogP contribution is -3.18. The van der Waals surface area contributed by atoms with Gasteiger partial charge >= 0.3 is 0 Å². The van der Waals surface area contributed by atoms with Gasteiger partial charge in [0.1, 0.15) is 5.82 Å². The van der Waals surface area contributed by atoms with Crippen molar-refractivity contribution in [2.24, 2.45) is 0 Å². The normalized spacial score (nSPS) is 17.5. The number of hydrogen-bond donors (Lipinski definition) is 1. The van der Waals surface area contributed by atoms with E-state index in [1.807, 2.05) is 12.1 Å². The minimum absolute atomic E-state index is 0.0725. The molecule has 2 nitrogen and oxygen atoms in total. The minimum Gasteiger partial charge on any atom is -0.360 e. The first-order chi connectivity index (χ1) is 10.7. The summed E-state index contributed by atoms with van der Waals surface area (Å²) in [6.45, 7) is 6.61. The Hall–Kier alpha value is -1.87. The van der Waals surface area contributed by atoms with Crippen molar-refractivity contribution >= 4 is 5.69 Å². The summed E-state index contributed by atoms with van der Waals surface area (Å²) in [4.78, 5) is 4.02. The van der Waals surface area contributed by atoms with Gasteiger partial charge in [-0.3, -0.25) is 0 Å². The fourth-order valence-electron chi connectivity index (χ4n) is 3.32. The number of hydrogen-bond acceptors (Lipinski definition) is 1. The average Bonchev–Trinajstić information content (AvgIpc) is 2.58. The quantitative estimate of drug-likeness (QED) is 0.909. The van der Waals surface area contributed by atoms with Crippen molar-refractivity contribution in [1.82, 2.24) is 0 Å². The van der Waals surface area contributed by atoms with Gasteiger partial charge in [0.25, 0.3) is 0 Å². The van der Waals surface area contributed by atoms with E-state index >= 15 is 0 Å². The highest BCUT2D eigenvalue weighted by Crippen LogP contribution is 2.13. The first-order valence-electron chi connectivity index (χ1n) is 8.12. The Bertz CT molecular complexity index is 591. The van der Waals surface area contributed by atoms with Crippen LogP contribution in [0.3, 0.4) is 0 Å². The molecule has 0 spiro atoms. The Labute approximate surface area is 132 Å². The van der Waals surface area contributed by atoms with E-state index in [4.69, 9.17) is 0 Å². The summed E-state index contributed by atoms with van der Waals surface area (Å²) in [6, 6.07) is 18.2. The number of benzene rings is 2. The van der Waals surface area contributed by atoms with Crippen molar-refractivity contribution in [3.8, 4) is 0 Å². The largest absolute Gasteiger partial charge is 0.360 e. The highest BCUT2D eigenvalue weighted by Gasteiger charge is 2.25. The molecule has 116 valence electrons. The van der Waals surface area contributed by atoms with Gasteiger partial charge in [-0.2, -0.15) is 0 Å². The van der Waals surface area contributed by atoms with Crippen LogP contribution in [0.5, 0.6) is 0 Å². The van der Waals surface area contributed by atoms with Crippen molar-refractivity contribution in [3.05, 3.63) is 66.0 Å². The van der Waals surface area contributed by atoms with E-state index in [9.17, 15) is 4.39 Å². The van der Waals surface area contributed by atoms with Gasteiger partial charge in [-0.15, -0.1) is 0 Å². The minimum atomic E-state index is -0.0725. The average molecular weight is 299 g/mol. The summed E-state index contributed by atoms with van der Waals surface area (Å²) in [5.74, 6) is -0.0725. The van der Waals surface area contributed by atoms with Crippen LogP contribution in [-0.4, -0.2) is 32.2 Å². The Morgan fingerprint density at radius 3 is 2.32 bits per heavy atom. The molecule has 2 aromatic carbocycles. The number of nitrogens with zero attached hydrogens (tertiary/aromatic N) is 1. The molecule has 1 N–H and O–H groups in total. The summed E-state index contributed by atoms with van der Waals surface area (Å²) < 4.78 is 13.8. The second kappa shape index (κ2) is 6.93. The summed E-state index contributed by atoms with van der Waals surface area (Å²) >= 11 is 0. The van der Waals surface area contributed by atoms with E-state index in [0.717, 1.165) is 38.2 Å². The fraction of sp³-hybridized carbons (Fsp3) is 0.368. The second-order valence-corrected chi connectivity index (χ2v) is 6.18. The van der Waals surface area contributed by atoms with Gasteiger partial charge in [-0.25, -0.2) is 4.39 Å². The Kier molecular flexibility index (Phi) is 4.74. The van der Waals surface area contributed by atoms with Crippen LogP contribution in [0.15, 0.2) is 54.6 Å². The number of anilines is 1. The SMILES string of the molecule is C[C@H](Cc1ccccc1F)[NH+]1CCN(c2ccccc2)CC1. The number of rotatable bonds is 4. The Morgan fingerprint density at radius 1 is 1.00 bits per heavy atom. The molecule has 3 rings (SSSR count). The molecule has 1 saturated heterocycles. The number of quaternary nitrogens is 1. The van der Waals surface area contributed by atoms with E-state index < -0.39 is 0 Å². The maximum atomic E-state index is 13.8. The van der Waals surface area contributed by atoms with Crippen LogP contribution in [0, 0.1) is 5.82 Å². The summed E-state index contributed by atoms with van der Waals surface area (Å²) in [5, 5.41) is 0. The molecular weight excluding hydrogens is 275 g/mol. The third-order valence-corrected chi connectivity index (χ3v) is 4.71. The summed E-state index contributed by atoms with van der Waals surface area (Å²) in [6.07, 6.45) is 0.813. The van der Waals surface area contributed by atoms with E-state index in [1.54, 1.807) is 17.0 Å². The molecule has 22 heavy (non-hydrogen) atoms. The molecule has 0 bridgehead atoms. The Balaban J connectivity index is 1.56. The van der Waals surface area contributed by atoms with Gasteiger partial charge in [0, 0.05) is 12.1 Å². The lowest BCUT2D eigenvalue weighted by Gasteiger charge is -2.36. The number of para-hydroxylation sites is 1. The van der Waals surface area contributed by atoms with Crippen molar-refractivity contribution in [2.75, 3.05) is 31.1 Å². The zero-order valence-corrected chi connectivity index (χ0v) is 13.1. The second-order valence-electron chi connectivity index (χ2n) is 6.18. The molecule has 1 aliphatic rings. The predicted molar refractivity (Wildman–Crippen MR) is 88.9 cm³/mol. The Morgan fingerprint density at radius 2 is 1.64 bits per heavy atom. The molecule has 1 fully saturated rings. The van der Waals surface area contributed by atoms with E-state index in [1.165, 1.54) is 5.69 Å². The van der Waals surface area contributed by atoms with E-state index in [2.05, 4.69) is 42.2 Å². The molecular formula is C19H24FN2+. The molecule has 0 saturated carbocycles. The van der Waals surface area contributed by atoms with Crippen LogP contribution in [0.25, 0.3) is 0 Å². The molecule has 0 radical (unpaired) electrons. The molecule has 1 atom stereocenters. The number of halogens is 1.